The molecule has 0 atom stereocenters. The van der Waals surface area contributed by atoms with E-state index in [4.69, 9.17) is 9.47 Å². The van der Waals surface area contributed by atoms with Crippen LogP contribution < -0.4 is 21.3 Å². The Morgan fingerprint density at radius 3 is 1.63 bits per heavy atom. The molecule has 3 rings (SSSR count). The molecule has 2 aromatic rings. The molecule has 1 aliphatic carbocycles. The van der Waals surface area contributed by atoms with Crippen LogP contribution in [0.2, 0.25) is 0 Å². The highest BCUT2D eigenvalue weighted by molar-refractivity contribution is 5.90. The summed E-state index contributed by atoms with van der Waals surface area (Å²) < 4.78 is 10.4. The second-order valence-corrected chi connectivity index (χ2v) is 9.60. The van der Waals surface area contributed by atoms with Gasteiger partial charge in [-0.25, -0.2) is 4.79 Å². The van der Waals surface area contributed by atoms with Gasteiger partial charge in [-0.2, -0.15) is 0 Å². The van der Waals surface area contributed by atoms with Crippen LogP contribution in [0.1, 0.15) is 37.8 Å². The summed E-state index contributed by atoms with van der Waals surface area (Å²) in [4.78, 5) is 59.3. The van der Waals surface area contributed by atoms with Crippen molar-refractivity contribution in [1.29, 1.82) is 0 Å². The van der Waals surface area contributed by atoms with Crippen LogP contribution in [0.25, 0.3) is 11.1 Å². The minimum atomic E-state index is -0.756. The van der Waals surface area contributed by atoms with Gasteiger partial charge in [0.15, 0.2) is 0 Å². The van der Waals surface area contributed by atoms with Crippen LogP contribution in [0.4, 0.5) is 4.79 Å². The van der Waals surface area contributed by atoms with Gasteiger partial charge in [-0.05, 0) is 43.0 Å². The van der Waals surface area contributed by atoms with Crippen LogP contribution >= 0.6 is 0 Å². The van der Waals surface area contributed by atoms with Gasteiger partial charge in [0, 0.05) is 5.92 Å². The van der Waals surface area contributed by atoms with Gasteiger partial charge in [0.25, 0.3) is 0 Å². The number of carbonyl (C=O) groups is 5. The highest BCUT2D eigenvalue weighted by atomic mass is 16.6. The Morgan fingerprint density at radius 1 is 0.684 bits per heavy atom. The van der Waals surface area contributed by atoms with E-state index < -0.39 is 41.9 Å². The van der Waals surface area contributed by atoms with Gasteiger partial charge in [0.05, 0.1) is 13.1 Å². The fourth-order valence-corrected chi connectivity index (χ4v) is 3.90. The van der Waals surface area contributed by atoms with Crippen molar-refractivity contribution in [2.45, 2.75) is 32.3 Å². The van der Waals surface area contributed by atoms with Crippen molar-refractivity contribution >= 4 is 29.8 Å². The van der Waals surface area contributed by atoms with E-state index in [0.717, 1.165) is 22.3 Å². The molecule has 0 unspecified atom stereocenters. The molecule has 4 amide bonds. The molecule has 1 aliphatic rings. The van der Waals surface area contributed by atoms with Crippen LogP contribution in [-0.2, 0) is 28.7 Å². The number of hydrogen-bond donors (Lipinski definition) is 4. The lowest BCUT2D eigenvalue weighted by molar-refractivity contribution is -0.154. The summed E-state index contributed by atoms with van der Waals surface area (Å²) in [6, 6.07) is 15.9. The molecule has 202 valence electrons. The van der Waals surface area contributed by atoms with Gasteiger partial charge in [0.1, 0.15) is 25.3 Å². The molecule has 2 aromatic carbocycles. The average Bonchev–Trinajstić information content (AvgIpc) is 3.19. The lowest BCUT2D eigenvalue weighted by Crippen LogP contribution is -2.45. The van der Waals surface area contributed by atoms with Crippen molar-refractivity contribution in [3.05, 3.63) is 59.7 Å². The Kier molecular flexibility index (Phi) is 9.42. The first-order chi connectivity index (χ1) is 18.0. The summed E-state index contributed by atoms with van der Waals surface area (Å²) in [6.45, 7) is 3.72. The molecule has 11 nitrogen and oxygen atoms in total. The Balaban J connectivity index is 1.31. The maximum atomic E-state index is 12.2. The Labute approximate surface area is 220 Å². The lowest BCUT2D eigenvalue weighted by Gasteiger charge is -2.19. The first-order valence-electron chi connectivity index (χ1n) is 12.1. The highest BCUT2D eigenvalue weighted by Gasteiger charge is 2.29. The fraction of sp³-hybridized carbons (Fsp3) is 0.370. The van der Waals surface area contributed by atoms with Crippen LogP contribution in [0.15, 0.2) is 48.5 Å². The molecule has 11 heteroatoms. The average molecular weight is 525 g/mol. The second-order valence-electron chi connectivity index (χ2n) is 9.60. The summed E-state index contributed by atoms with van der Waals surface area (Å²) in [5.41, 5.74) is 3.69. The van der Waals surface area contributed by atoms with Crippen molar-refractivity contribution in [2.75, 3.05) is 32.8 Å². The molecule has 0 heterocycles. The number of amides is 4. The standard InChI is InChI=1S/C27H32N4O7/c1-27(2,3)38-25(35)15-30-23(33)13-28-22(32)12-29-24(34)14-31-26(36)37-16-21-19-10-6-4-8-17(19)18-9-5-7-11-20(18)21/h4-11,21H,12-16H2,1-3H3,(H,28,32)(H,29,34)(H,30,33)(H,31,36). The number of nitrogens with one attached hydrogen (secondary N) is 4. The van der Waals surface area contributed by atoms with Crippen molar-refractivity contribution in [3.8, 4) is 11.1 Å². The quantitative estimate of drug-likeness (QED) is 0.341. The van der Waals surface area contributed by atoms with Gasteiger partial charge < -0.3 is 30.7 Å². The van der Waals surface area contributed by atoms with Crippen LogP contribution in [0.3, 0.4) is 0 Å². The molecule has 0 fully saturated rings. The van der Waals surface area contributed by atoms with Gasteiger partial charge in [-0.15, -0.1) is 0 Å². The van der Waals surface area contributed by atoms with E-state index in [2.05, 4.69) is 21.3 Å². The Morgan fingerprint density at radius 2 is 1.13 bits per heavy atom. The third-order valence-electron chi connectivity index (χ3n) is 5.48. The van der Waals surface area contributed by atoms with E-state index in [1.54, 1.807) is 20.8 Å². The van der Waals surface area contributed by atoms with E-state index in [9.17, 15) is 24.0 Å². The number of ether oxygens (including phenoxy) is 2. The summed E-state index contributed by atoms with van der Waals surface area (Å²) in [5, 5.41) is 9.33. The molecule has 4 N–H and O–H groups in total. The molecule has 0 aromatic heterocycles. The first-order valence-corrected chi connectivity index (χ1v) is 12.1. The summed E-state index contributed by atoms with van der Waals surface area (Å²) in [5.74, 6) is -2.53. The van der Waals surface area contributed by atoms with Crippen LogP contribution in [-0.4, -0.2) is 68.2 Å². The molecule has 0 saturated heterocycles. The number of rotatable bonds is 10. The zero-order valence-corrected chi connectivity index (χ0v) is 21.6. The molecule has 0 spiro atoms. The summed E-state index contributed by atoms with van der Waals surface area (Å²) >= 11 is 0. The predicted octanol–water partition coefficient (Wildman–Crippen LogP) is 1.22. The van der Waals surface area contributed by atoms with E-state index in [1.807, 2.05) is 48.5 Å². The SMILES string of the molecule is CC(C)(C)OC(=O)CNC(=O)CNC(=O)CNC(=O)CNC(=O)OCC1c2ccccc2-c2ccccc21. The zero-order valence-electron chi connectivity index (χ0n) is 21.6. The zero-order chi connectivity index (χ0) is 27.7. The summed E-state index contributed by atoms with van der Waals surface area (Å²) in [6.07, 6.45) is -0.756. The second kappa shape index (κ2) is 12.7. The summed E-state index contributed by atoms with van der Waals surface area (Å²) in [7, 11) is 0. The third-order valence-corrected chi connectivity index (χ3v) is 5.48. The molecular formula is C27H32N4O7. The number of esters is 1. The number of carbonyl (C=O) groups excluding carboxylic acids is 5. The molecule has 0 bridgehead atoms. The van der Waals surface area contributed by atoms with Crippen molar-refractivity contribution in [2.24, 2.45) is 0 Å². The number of alkyl carbamates (subject to hydrolysis) is 1. The number of fused-ring (bicyclic) bond motifs is 3. The largest absolute Gasteiger partial charge is 0.459 e. The van der Waals surface area contributed by atoms with E-state index in [0.29, 0.717) is 0 Å². The van der Waals surface area contributed by atoms with Gasteiger partial charge in [-0.1, -0.05) is 48.5 Å². The maximum Gasteiger partial charge on any atom is 0.407 e. The third kappa shape index (κ3) is 8.32. The Bertz CT molecular complexity index is 1160. The smallest absolute Gasteiger partial charge is 0.407 e. The van der Waals surface area contributed by atoms with Gasteiger partial charge in [0.2, 0.25) is 17.7 Å². The first kappa shape index (κ1) is 28.2. The van der Waals surface area contributed by atoms with Crippen molar-refractivity contribution in [1.82, 2.24) is 21.3 Å². The predicted molar refractivity (Wildman–Crippen MR) is 138 cm³/mol. The fourth-order valence-electron chi connectivity index (χ4n) is 3.90. The molecule has 38 heavy (non-hydrogen) atoms. The monoisotopic (exact) mass is 524 g/mol. The van der Waals surface area contributed by atoms with E-state index >= 15 is 0 Å². The minimum Gasteiger partial charge on any atom is -0.459 e. The number of benzene rings is 2. The molecule has 0 radical (unpaired) electrons. The van der Waals surface area contributed by atoms with Crippen molar-refractivity contribution < 1.29 is 33.4 Å². The molecule has 0 saturated carbocycles. The minimum absolute atomic E-state index is 0.105. The van der Waals surface area contributed by atoms with Crippen LogP contribution in [0, 0.1) is 0 Å². The normalized spacial score (nSPS) is 12.0. The topological polar surface area (TPSA) is 152 Å². The molecular weight excluding hydrogens is 492 g/mol. The van der Waals surface area contributed by atoms with E-state index in [-0.39, 0.29) is 32.2 Å². The number of hydrogen-bond acceptors (Lipinski definition) is 7. The lowest BCUT2D eigenvalue weighted by atomic mass is 9.98. The molecule has 0 aliphatic heterocycles. The highest BCUT2D eigenvalue weighted by Crippen LogP contribution is 2.44. The van der Waals surface area contributed by atoms with Crippen molar-refractivity contribution in [3.63, 3.8) is 0 Å². The Hall–Kier alpha value is -4.41. The van der Waals surface area contributed by atoms with Gasteiger partial charge in [-0.3, -0.25) is 19.2 Å². The van der Waals surface area contributed by atoms with Crippen LogP contribution in [0.5, 0.6) is 0 Å². The van der Waals surface area contributed by atoms with E-state index in [1.165, 1.54) is 0 Å². The van der Waals surface area contributed by atoms with Gasteiger partial charge >= 0.3 is 12.1 Å². The maximum absolute atomic E-state index is 12.2.